The van der Waals surface area contributed by atoms with Gasteiger partial charge in [-0.25, -0.2) is 0 Å². The Morgan fingerprint density at radius 1 is 1.00 bits per heavy atom. The minimum Gasteiger partial charge on any atom is -0.394 e. The molecule has 2 saturated heterocycles. The molecule has 0 aliphatic carbocycles. The average Bonchev–Trinajstić information content (AvgIpc) is 3.21. The molecule has 0 bridgehead atoms. The Morgan fingerprint density at radius 3 is 2.34 bits per heavy atom. The third kappa shape index (κ3) is 5.03. The van der Waals surface area contributed by atoms with E-state index in [1.54, 1.807) is 9.80 Å². The van der Waals surface area contributed by atoms with Crippen molar-refractivity contribution in [1.82, 2.24) is 14.7 Å². The van der Waals surface area contributed by atoms with Crippen molar-refractivity contribution in [2.75, 3.05) is 19.7 Å². The van der Waals surface area contributed by atoms with E-state index < -0.39 is 41.2 Å². The van der Waals surface area contributed by atoms with E-state index in [9.17, 15) is 19.5 Å². The van der Waals surface area contributed by atoms with Gasteiger partial charge in [-0.1, -0.05) is 82.3 Å². The molecule has 3 amide bonds. The molecule has 4 heterocycles. The monoisotopic (exact) mass is 563 g/mol. The van der Waals surface area contributed by atoms with Crippen LogP contribution in [0.5, 0.6) is 0 Å². The molecule has 1 N–H and O–H groups in total. The first-order valence-electron chi connectivity index (χ1n) is 14.9. The highest BCUT2D eigenvalue weighted by Crippen LogP contribution is 2.54. The van der Waals surface area contributed by atoms with Gasteiger partial charge in [0, 0.05) is 25.2 Å². The van der Waals surface area contributed by atoms with Crippen molar-refractivity contribution in [3.05, 3.63) is 60.2 Å². The Kier molecular flexibility index (Phi) is 7.70. The van der Waals surface area contributed by atoms with Crippen LogP contribution in [0.1, 0.15) is 59.9 Å². The van der Waals surface area contributed by atoms with Crippen molar-refractivity contribution in [3.8, 4) is 0 Å². The molecule has 0 radical (unpaired) electrons. The minimum atomic E-state index is -1.30. The number of carbonyl (C=O) groups excluding carboxylic acids is 3. The summed E-state index contributed by atoms with van der Waals surface area (Å²) in [6.45, 7) is 13.4. The quantitative estimate of drug-likeness (QED) is 0.513. The zero-order valence-corrected chi connectivity index (χ0v) is 25.2. The Labute approximate surface area is 244 Å². The van der Waals surface area contributed by atoms with Crippen molar-refractivity contribution < 1.29 is 24.2 Å². The van der Waals surface area contributed by atoms with E-state index in [1.165, 1.54) is 0 Å². The molecule has 8 nitrogen and oxygen atoms in total. The van der Waals surface area contributed by atoms with Crippen LogP contribution in [0.25, 0.3) is 0 Å². The lowest BCUT2D eigenvalue weighted by Gasteiger charge is -2.45. The fourth-order valence-corrected chi connectivity index (χ4v) is 7.82. The van der Waals surface area contributed by atoms with Crippen LogP contribution in [0.15, 0.2) is 54.6 Å². The van der Waals surface area contributed by atoms with Gasteiger partial charge in [0.2, 0.25) is 17.7 Å². The molecule has 1 unspecified atom stereocenters. The number of carbonyl (C=O) groups is 3. The molecule has 5 rings (SSSR count). The highest BCUT2D eigenvalue weighted by atomic mass is 16.5. The molecular formula is C33H45N3O5. The van der Waals surface area contributed by atoms with Gasteiger partial charge in [0.05, 0.1) is 30.6 Å². The molecule has 1 spiro atoms. The first kappa shape index (κ1) is 29.5. The Hall–Kier alpha value is -2.97. The van der Waals surface area contributed by atoms with Gasteiger partial charge in [-0.15, -0.1) is 0 Å². The molecule has 1 aromatic rings. The zero-order chi connectivity index (χ0) is 29.7. The van der Waals surface area contributed by atoms with E-state index >= 15 is 0 Å². The van der Waals surface area contributed by atoms with Crippen LogP contribution >= 0.6 is 0 Å². The number of aliphatic hydroxyl groups is 1. The highest BCUT2D eigenvalue weighted by molar-refractivity contribution is 6.00. The number of ether oxygens (including phenoxy) is 1. The van der Waals surface area contributed by atoms with Crippen LogP contribution in [0.2, 0.25) is 0 Å². The molecular weight excluding hydrogens is 518 g/mol. The van der Waals surface area contributed by atoms with Crippen molar-refractivity contribution in [1.29, 1.82) is 0 Å². The third-order valence-electron chi connectivity index (χ3n) is 9.17. The Morgan fingerprint density at radius 2 is 1.71 bits per heavy atom. The fourth-order valence-electron chi connectivity index (χ4n) is 7.82. The number of likely N-dealkylation sites (tertiary alicyclic amines) is 1. The zero-order valence-electron chi connectivity index (χ0n) is 25.2. The maximum atomic E-state index is 14.7. The maximum absolute atomic E-state index is 14.7. The summed E-state index contributed by atoms with van der Waals surface area (Å²) in [4.78, 5) is 48.5. The molecule has 0 aromatic heterocycles. The minimum absolute atomic E-state index is 0.0290. The smallest absolute Gasteiger partial charge is 0.249 e. The Bertz CT molecular complexity index is 1230. The lowest BCUT2D eigenvalue weighted by Crippen LogP contribution is -2.61. The van der Waals surface area contributed by atoms with E-state index in [0.717, 1.165) is 12.0 Å². The first-order chi connectivity index (χ1) is 19.3. The van der Waals surface area contributed by atoms with E-state index in [1.807, 2.05) is 66.5 Å². The van der Waals surface area contributed by atoms with Crippen molar-refractivity contribution in [3.63, 3.8) is 0 Å². The lowest BCUT2D eigenvalue weighted by atomic mass is 9.77. The second-order valence-electron chi connectivity index (χ2n) is 13.9. The van der Waals surface area contributed by atoms with Crippen LogP contribution in [0.3, 0.4) is 0 Å². The van der Waals surface area contributed by atoms with Crippen LogP contribution in [-0.2, 0) is 25.7 Å². The summed E-state index contributed by atoms with van der Waals surface area (Å²) >= 11 is 0. The fraction of sp³-hybridized carbons (Fsp3) is 0.606. The second kappa shape index (κ2) is 10.7. The predicted molar refractivity (Wildman–Crippen MR) is 156 cm³/mol. The molecule has 222 valence electrons. The van der Waals surface area contributed by atoms with Crippen LogP contribution in [0.4, 0.5) is 0 Å². The number of nitrogens with zero attached hydrogens (tertiary/aromatic N) is 3. The third-order valence-corrected chi connectivity index (χ3v) is 9.17. The lowest BCUT2D eigenvalue weighted by molar-refractivity contribution is -0.155. The number of rotatable bonds is 7. The second-order valence-corrected chi connectivity index (χ2v) is 13.9. The normalized spacial score (nSPS) is 30.7. The molecule has 4 aliphatic heterocycles. The summed E-state index contributed by atoms with van der Waals surface area (Å²) in [7, 11) is 0. The number of hydrogen-bond acceptors (Lipinski definition) is 5. The Balaban J connectivity index is 1.57. The molecule has 4 aliphatic rings. The molecule has 6 atom stereocenters. The topological polar surface area (TPSA) is 90.4 Å². The summed E-state index contributed by atoms with van der Waals surface area (Å²) in [6, 6.07) is 8.28. The predicted octanol–water partition coefficient (Wildman–Crippen LogP) is 3.55. The van der Waals surface area contributed by atoms with E-state index in [4.69, 9.17) is 4.74 Å². The van der Waals surface area contributed by atoms with Gasteiger partial charge < -0.3 is 24.5 Å². The molecule has 0 saturated carbocycles. The van der Waals surface area contributed by atoms with E-state index in [0.29, 0.717) is 26.1 Å². The molecule has 1 aromatic carbocycles. The average molecular weight is 564 g/mol. The van der Waals surface area contributed by atoms with Crippen LogP contribution in [-0.4, -0.2) is 86.6 Å². The summed E-state index contributed by atoms with van der Waals surface area (Å²) in [5.74, 6) is -2.26. The maximum Gasteiger partial charge on any atom is 0.249 e. The number of amides is 3. The number of fused-ring (bicyclic) bond motifs is 2. The van der Waals surface area contributed by atoms with Gasteiger partial charge in [-0.3, -0.25) is 14.4 Å². The summed E-state index contributed by atoms with van der Waals surface area (Å²) in [6.07, 6.45) is 8.26. The molecule has 8 heteroatoms. The SMILES string of the molecule is CC[C@@H](CO)N1C(=O)[C@@H]2[C@H]3C(=O)N(Cc4ccccc4)CC=C[C@H]3O[C@@]23C=CCN(C(C)(C)CC(C)(C)C)C(=O)C13. The van der Waals surface area contributed by atoms with Gasteiger partial charge in [0.25, 0.3) is 0 Å². The van der Waals surface area contributed by atoms with Crippen molar-refractivity contribution in [2.45, 2.75) is 90.3 Å². The van der Waals surface area contributed by atoms with Crippen molar-refractivity contribution >= 4 is 17.7 Å². The molecule has 41 heavy (non-hydrogen) atoms. The van der Waals surface area contributed by atoms with Gasteiger partial charge in [-0.05, 0) is 37.7 Å². The van der Waals surface area contributed by atoms with Crippen molar-refractivity contribution in [2.24, 2.45) is 17.3 Å². The van der Waals surface area contributed by atoms with Crippen LogP contribution < -0.4 is 0 Å². The van der Waals surface area contributed by atoms with E-state index in [-0.39, 0.29) is 29.7 Å². The van der Waals surface area contributed by atoms with Gasteiger partial charge >= 0.3 is 0 Å². The van der Waals surface area contributed by atoms with E-state index in [2.05, 4.69) is 34.6 Å². The van der Waals surface area contributed by atoms with Crippen LogP contribution in [0, 0.1) is 17.3 Å². The first-order valence-corrected chi connectivity index (χ1v) is 14.9. The summed E-state index contributed by atoms with van der Waals surface area (Å²) in [5, 5.41) is 10.4. The number of aliphatic hydroxyl groups excluding tert-OH is 1. The standard InChI is InChI=1S/C33H45N3O5/c1-7-23(20-37)36-27-30(40)35(32(5,6)21-31(2,3)4)18-12-16-33(27)26(29(36)39)25-24(41-33)15-11-17-34(28(25)38)19-22-13-9-8-10-14-22/h8-16,23-27,37H,7,17-21H2,1-6H3/t23-,24+,25-,26-,27?,33-/m0/s1. The number of benzene rings is 1. The highest BCUT2D eigenvalue weighted by Gasteiger charge is 2.72. The van der Waals surface area contributed by atoms with Gasteiger partial charge in [-0.2, -0.15) is 0 Å². The number of hydrogen-bond donors (Lipinski definition) is 1. The van der Waals surface area contributed by atoms with Gasteiger partial charge in [0.1, 0.15) is 11.6 Å². The molecule has 2 fully saturated rings. The summed E-state index contributed by atoms with van der Waals surface area (Å²) in [5.41, 5.74) is -0.817. The van der Waals surface area contributed by atoms with Gasteiger partial charge in [0.15, 0.2) is 0 Å². The summed E-state index contributed by atoms with van der Waals surface area (Å²) < 4.78 is 6.77. The largest absolute Gasteiger partial charge is 0.394 e.